The molecule has 6 atom stereocenters. The van der Waals surface area contributed by atoms with Crippen LogP contribution in [-0.2, 0) is 32.7 Å². The number of hydrogen-bond acceptors (Lipinski definition) is 12. The number of unbranched alkanes of at least 4 members (excludes halogenated alkanes) is 12. The van der Waals surface area contributed by atoms with Crippen LogP contribution in [0.25, 0.3) is 0 Å². The lowest BCUT2D eigenvalue weighted by atomic mass is 9.85. The molecule has 6 unspecified atom stereocenters. The maximum Gasteiger partial charge on any atom is 0.472 e. The van der Waals surface area contributed by atoms with Gasteiger partial charge >= 0.3 is 19.8 Å². The highest BCUT2D eigenvalue weighted by molar-refractivity contribution is 7.47. The summed E-state index contributed by atoms with van der Waals surface area (Å²) in [6, 6.07) is 0. The minimum atomic E-state index is -5.08. The number of esters is 2. The van der Waals surface area contributed by atoms with Gasteiger partial charge in [-0.05, 0) is 38.5 Å². The highest BCUT2D eigenvalue weighted by Crippen LogP contribution is 2.47. The predicted molar refractivity (Wildman–Crippen MR) is 171 cm³/mol. The van der Waals surface area contributed by atoms with Crippen LogP contribution in [0.15, 0.2) is 12.2 Å². The molecule has 0 spiro atoms. The molecule has 14 heteroatoms. The molecule has 0 aromatic carbocycles. The SMILES string of the molecule is CCCCCCCCC/C=C\CCCCCCCC(=O)OC(COC(=O)CCC)COP(=O)(O)OC1C(O)C(O)C(O)C(O)C1O. The van der Waals surface area contributed by atoms with Crippen molar-refractivity contribution in [3.05, 3.63) is 12.2 Å². The zero-order chi connectivity index (χ0) is 34.4. The number of allylic oxidation sites excluding steroid dienone is 2. The molecule has 0 saturated heterocycles. The van der Waals surface area contributed by atoms with Gasteiger partial charge in [0.15, 0.2) is 6.10 Å². The lowest BCUT2D eigenvalue weighted by Crippen LogP contribution is -2.64. The van der Waals surface area contributed by atoms with Crippen LogP contribution in [0.4, 0.5) is 0 Å². The minimum Gasteiger partial charge on any atom is -0.462 e. The predicted octanol–water partition coefficient (Wildman–Crippen LogP) is 3.99. The van der Waals surface area contributed by atoms with Crippen LogP contribution in [0.3, 0.4) is 0 Å². The van der Waals surface area contributed by atoms with Crippen LogP contribution in [0.2, 0.25) is 0 Å². The van der Waals surface area contributed by atoms with Crippen molar-refractivity contribution >= 4 is 19.8 Å². The van der Waals surface area contributed by atoms with E-state index < -0.39 is 75.7 Å². The second-order valence-electron chi connectivity index (χ2n) is 12.0. The molecule has 0 heterocycles. The van der Waals surface area contributed by atoms with Gasteiger partial charge in [-0.2, -0.15) is 0 Å². The van der Waals surface area contributed by atoms with Crippen LogP contribution in [0, 0.1) is 0 Å². The fourth-order valence-corrected chi connectivity index (χ4v) is 6.00. The lowest BCUT2D eigenvalue weighted by molar-refractivity contribution is -0.220. The third-order valence-electron chi connectivity index (χ3n) is 7.83. The first-order valence-corrected chi connectivity index (χ1v) is 18.5. The number of aliphatic hydroxyl groups is 5. The highest BCUT2D eigenvalue weighted by atomic mass is 31.2. The molecule has 6 N–H and O–H groups in total. The number of rotatable bonds is 26. The molecule has 0 bridgehead atoms. The largest absolute Gasteiger partial charge is 0.472 e. The van der Waals surface area contributed by atoms with Gasteiger partial charge in [-0.15, -0.1) is 0 Å². The van der Waals surface area contributed by atoms with Crippen LogP contribution in [-0.4, -0.2) is 98.3 Å². The number of aliphatic hydroxyl groups excluding tert-OH is 5. The molecule has 46 heavy (non-hydrogen) atoms. The summed E-state index contributed by atoms with van der Waals surface area (Å²) in [5.41, 5.74) is 0. The first kappa shape index (κ1) is 42.6. The van der Waals surface area contributed by atoms with E-state index in [2.05, 4.69) is 19.1 Å². The summed E-state index contributed by atoms with van der Waals surface area (Å²) >= 11 is 0. The van der Waals surface area contributed by atoms with E-state index in [4.69, 9.17) is 18.5 Å². The molecule has 0 aromatic heterocycles. The summed E-state index contributed by atoms with van der Waals surface area (Å²) in [6.45, 7) is 2.82. The fourth-order valence-electron chi connectivity index (χ4n) is 5.02. The van der Waals surface area contributed by atoms with E-state index in [9.17, 15) is 44.6 Å². The Hall–Kier alpha value is -1.41. The smallest absolute Gasteiger partial charge is 0.462 e. The second-order valence-corrected chi connectivity index (χ2v) is 13.4. The Morgan fingerprint density at radius 3 is 1.70 bits per heavy atom. The normalized spacial score (nSPS) is 25.3. The molecule has 0 aromatic rings. The zero-order valence-corrected chi connectivity index (χ0v) is 28.5. The first-order valence-electron chi connectivity index (χ1n) is 17.0. The third kappa shape index (κ3) is 18.2. The summed E-state index contributed by atoms with van der Waals surface area (Å²) in [5, 5.41) is 49.4. The maximum absolute atomic E-state index is 12.5. The van der Waals surface area contributed by atoms with Gasteiger partial charge in [-0.1, -0.05) is 83.8 Å². The van der Waals surface area contributed by atoms with Gasteiger partial charge in [-0.25, -0.2) is 4.57 Å². The Labute approximate surface area is 273 Å². The lowest BCUT2D eigenvalue weighted by Gasteiger charge is -2.41. The standard InChI is InChI=1S/C32H59O13P/c1-3-5-6-7-8-9-10-11-12-13-14-15-16-17-18-19-21-26(34)44-24(22-42-25(33)20-4-2)23-43-46(40,41)45-32-30(38)28(36)27(35)29(37)31(32)39/h12-13,24,27-32,35-39H,3-11,14-23H2,1-2H3,(H,40,41)/b13-12-. The number of hydrogen-bond donors (Lipinski definition) is 6. The monoisotopic (exact) mass is 682 g/mol. The maximum atomic E-state index is 12.5. The summed E-state index contributed by atoms with van der Waals surface area (Å²) in [7, 11) is -5.08. The molecule has 1 aliphatic rings. The molecule has 1 fully saturated rings. The average Bonchev–Trinajstić information content (AvgIpc) is 3.02. The fraction of sp³-hybridized carbons (Fsp3) is 0.875. The van der Waals surface area contributed by atoms with E-state index in [-0.39, 0.29) is 12.8 Å². The van der Waals surface area contributed by atoms with Crippen LogP contribution in [0.1, 0.15) is 123 Å². The van der Waals surface area contributed by atoms with Gasteiger partial charge in [0.1, 0.15) is 43.2 Å². The topological polar surface area (TPSA) is 210 Å². The van der Waals surface area contributed by atoms with E-state index in [1.807, 2.05) is 0 Å². The van der Waals surface area contributed by atoms with E-state index >= 15 is 0 Å². The molecule has 1 rings (SSSR count). The van der Waals surface area contributed by atoms with Gasteiger partial charge in [0.25, 0.3) is 0 Å². The Morgan fingerprint density at radius 1 is 0.652 bits per heavy atom. The van der Waals surface area contributed by atoms with Crippen molar-refractivity contribution in [2.24, 2.45) is 0 Å². The van der Waals surface area contributed by atoms with Gasteiger partial charge < -0.3 is 39.9 Å². The third-order valence-corrected chi connectivity index (χ3v) is 8.81. The number of carbonyl (C=O) groups excluding carboxylic acids is 2. The summed E-state index contributed by atoms with van der Waals surface area (Å²) in [4.78, 5) is 34.5. The molecule has 1 aliphatic carbocycles. The van der Waals surface area contributed by atoms with Gasteiger partial charge in [0.2, 0.25) is 0 Å². The van der Waals surface area contributed by atoms with Crippen molar-refractivity contribution in [3.63, 3.8) is 0 Å². The Morgan fingerprint density at radius 2 is 1.15 bits per heavy atom. The molecular weight excluding hydrogens is 623 g/mol. The Balaban J connectivity index is 2.40. The van der Waals surface area contributed by atoms with E-state index in [1.54, 1.807) is 6.92 Å². The number of carbonyl (C=O) groups is 2. The molecule has 0 aliphatic heterocycles. The molecule has 0 amide bonds. The average molecular weight is 683 g/mol. The van der Waals surface area contributed by atoms with Crippen LogP contribution < -0.4 is 0 Å². The van der Waals surface area contributed by atoms with Crippen LogP contribution in [0.5, 0.6) is 0 Å². The van der Waals surface area contributed by atoms with Crippen molar-refractivity contribution in [1.82, 2.24) is 0 Å². The summed E-state index contributed by atoms with van der Waals surface area (Å²) in [5.74, 6) is -1.17. The molecule has 0 radical (unpaired) electrons. The second kappa shape index (κ2) is 24.7. The van der Waals surface area contributed by atoms with Crippen molar-refractivity contribution in [1.29, 1.82) is 0 Å². The number of phosphoric acid groups is 1. The first-order chi connectivity index (χ1) is 21.9. The zero-order valence-electron chi connectivity index (χ0n) is 27.6. The van der Waals surface area contributed by atoms with Gasteiger partial charge in [0, 0.05) is 12.8 Å². The molecule has 270 valence electrons. The van der Waals surface area contributed by atoms with Crippen molar-refractivity contribution in [3.8, 4) is 0 Å². The minimum absolute atomic E-state index is 0.0869. The van der Waals surface area contributed by atoms with Crippen molar-refractivity contribution in [2.75, 3.05) is 13.2 Å². The van der Waals surface area contributed by atoms with Gasteiger partial charge in [0.05, 0.1) is 6.61 Å². The Kier molecular flexibility index (Phi) is 22.9. The summed E-state index contributed by atoms with van der Waals surface area (Å²) in [6.07, 6.45) is 7.89. The quantitative estimate of drug-likeness (QED) is 0.0330. The summed E-state index contributed by atoms with van der Waals surface area (Å²) < 4.78 is 32.6. The molecule has 13 nitrogen and oxygen atoms in total. The van der Waals surface area contributed by atoms with Crippen molar-refractivity contribution < 1.29 is 63.1 Å². The molecule has 1 saturated carbocycles. The molecular formula is C32H59O13P. The number of phosphoric ester groups is 1. The highest BCUT2D eigenvalue weighted by Gasteiger charge is 2.51. The van der Waals surface area contributed by atoms with Crippen LogP contribution >= 0.6 is 7.82 Å². The van der Waals surface area contributed by atoms with Gasteiger partial charge in [-0.3, -0.25) is 18.6 Å². The Bertz CT molecular complexity index is 885. The number of ether oxygens (including phenoxy) is 2. The van der Waals surface area contributed by atoms with E-state index in [0.29, 0.717) is 12.8 Å². The van der Waals surface area contributed by atoms with Crippen molar-refractivity contribution in [2.45, 2.75) is 166 Å². The van der Waals surface area contributed by atoms with E-state index in [0.717, 1.165) is 38.5 Å². The van der Waals surface area contributed by atoms with E-state index in [1.165, 1.54) is 44.9 Å².